The van der Waals surface area contributed by atoms with E-state index >= 15 is 0 Å². The molecule has 5 heteroatoms. The Hall–Kier alpha value is -1.30. The molecule has 0 aromatic heterocycles. The van der Waals surface area contributed by atoms with Gasteiger partial charge in [-0.3, -0.25) is 0 Å². The van der Waals surface area contributed by atoms with Crippen LogP contribution in [-0.4, -0.2) is 20.3 Å². The highest BCUT2D eigenvalue weighted by Crippen LogP contribution is 1.53. The van der Waals surface area contributed by atoms with E-state index in [2.05, 4.69) is 4.74 Å². The van der Waals surface area contributed by atoms with E-state index in [-0.39, 0.29) is 0 Å². The van der Waals surface area contributed by atoms with E-state index in [0.29, 0.717) is 13.2 Å². The Morgan fingerprint density at radius 2 is 2.00 bits per heavy atom. The van der Waals surface area contributed by atoms with Gasteiger partial charge < -0.3 is 10.5 Å². The van der Waals surface area contributed by atoms with Crippen molar-refractivity contribution in [2.75, 3.05) is 20.3 Å². The first-order chi connectivity index (χ1) is 4.83. The van der Waals surface area contributed by atoms with Crippen LogP contribution < -0.4 is 11.1 Å². The molecule has 0 aromatic carbocycles. The molecular weight excluding hydrogens is 132 g/mol. The number of nitriles is 2. The van der Waals surface area contributed by atoms with Crippen molar-refractivity contribution in [3.63, 3.8) is 0 Å². The molecule has 0 spiro atoms. The highest BCUT2D eigenvalue weighted by Gasteiger charge is 1.65. The fraction of sp³-hybridized carbons (Fsp3) is 0.600. The van der Waals surface area contributed by atoms with E-state index in [1.54, 1.807) is 12.4 Å². The molecule has 56 valence electrons. The molecule has 0 aromatic rings. The zero-order chi connectivity index (χ0) is 8.24. The molecule has 0 saturated heterocycles. The first kappa shape index (κ1) is 11.5. The van der Waals surface area contributed by atoms with Crippen LogP contribution in [0.5, 0.6) is 0 Å². The van der Waals surface area contributed by atoms with Crippen LogP contribution in [0.25, 0.3) is 0 Å². The predicted octanol–water partition coefficient (Wildman–Crippen LogP) is -0.870. The maximum Gasteiger partial charge on any atom is 0.190 e. The van der Waals surface area contributed by atoms with Crippen molar-refractivity contribution in [2.24, 2.45) is 5.73 Å². The van der Waals surface area contributed by atoms with Gasteiger partial charge in [0.05, 0.1) is 6.61 Å². The van der Waals surface area contributed by atoms with Gasteiger partial charge in [0.1, 0.15) is 0 Å². The monoisotopic (exact) mass is 142 g/mol. The summed E-state index contributed by atoms with van der Waals surface area (Å²) >= 11 is 0. The summed E-state index contributed by atoms with van der Waals surface area (Å²) in [7, 11) is 1.63. The third-order valence-electron chi connectivity index (χ3n) is 0.434. The van der Waals surface area contributed by atoms with Gasteiger partial charge in [0, 0.05) is 13.7 Å². The Balaban J connectivity index is 0. The summed E-state index contributed by atoms with van der Waals surface area (Å²) < 4.78 is 4.57. The number of hydrogen-bond donors (Lipinski definition) is 2. The zero-order valence-corrected chi connectivity index (χ0v) is 5.79. The Kier molecular flexibility index (Phi) is 18.0. The number of hydrogen-bond acceptors (Lipinski definition) is 5. The highest BCUT2D eigenvalue weighted by atomic mass is 16.5. The summed E-state index contributed by atoms with van der Waals surface area (Å²) in [6, 6.07) is 0. The first-order valence-corrected chi connectivity index (χ1v) is 2.55. The molecule has 0 atom stereocenters. The van der Waals surface area contributed by atoms with Gasteiger partial charge in [0.25, 0.3) is 0 Å². The number of nitrogens with two attached hydrogens (primary N) is 1. The van der Waals surface area contributed by atoms with Crippen LogP contribution in [0.1, 0.15) is 0 Å². The lowest BCUT2D eigenvalue weighted by Gasteiger charge is -1.85. The highest BCUT2D eigenvalue weighted by molar-refractivity contribution is 4.77. The molecule has 0 heterocycles. The minimum atomic E-state index is 0.622. The van der Waals surface area contributed by atoms with E-state index in [4.69, 9.17) is 16.3 Å². The number of methoxy groups -OCH3 is 1. The van der Waals surface area contributed by atoms with Gasteiger partial charge in [0.15, 0.2) is 12.4 Å². The summed E-state index contributed by atoms with van der Waals surface area (Å²) in [5, 5.41) is 16.7. The van der Waals surface area contributed by atoms with E-state index < -0.39 is 0 Å². The van der Waals surface area contributed by atoms with E-state index in [9.17, 15) is 0 Å². The summed E-state index contributed by atoms with van der Waals surface area (Å²) in [5.74, 6) is 0. The van der Waals surface area contributed by atoms with Crippen molar-refractivity contribution in [1.29, 1.82) is 10.5 Å². The molecule has 0 rings (SSSR count). The topological polar surface area (TPSA) is 94.9 Å². The van der Waals surface area contributed by atoms with Crippen molar-refractivity contribution in [2.45, 2.75) is 0 Å². The van der Waals surface area contributed by atoms with Crippen LogP contribution in [0.15, 0.2) is 0 Å². The fourth-order valence-electron chi connectivity index (χ4n) is 0.143. The Morgan fingerprint density at radius 3 is 2.00 bits per heavy atom. The van der Waals surface area contributed by atoms with Gasteiger partial charge in [-0.15, -0.1) is 0 Å². The summed E-state index contributed by atoms with van der Waals surface area (Å²) in [6.07, 6.45) is 2.81. The molecule has 0 unspecified atom stereocenters. The molecule has 0 aliphatic heterocycles. The summed E-state index contributed by atoms with van der Waals surface area (Å²) in [4.78, 5) is 0. The molecule has 0 saturated carbocycles. The maximum atomic E-state index is 7.48. The SMILES string of the molecule is COCCN.N#CNC#N. The van der Waals surface area contributed by atoms with Gasteiger partial charge >= 0.3 is 0 Å². The van der Waals surface area contributed by atoms with Crippen molar-refractivity contribution >= 4 is 0 Å². The molecule has 0 bridgehead atoms. The summed E-state index contributed by atoms with van der Waals surface area (Å²) in [6.45, 7) is 1.29. The van der Waals surface area contributed by atoms with Crippen LogP contribution in [-0.2, 0) is 4.74 Å². The Morgan fingerprint density at radius 1 is 1.50 bits per heavy atom. The van der Waals surface area contributed by atoms with E-state index in [1.165, 1.54) is 12.4 Å². The van der Waals surface area contributed by atoms with Crippen LogP contribution in [0, 0.1) is 22.9 Å². The average molecular weight is 142 g/mol. The number of nitrogens with one attached hydrogen (secondary N) is 1. The number of nitrogens with zero attached hydrogens (tertiary/aromatic N) is 2. The van der Waals surface area contributed by atoms with Gasteiger partial charge in [0.2, 0.25) is 0 Å². The quantitative estimate of drug-likeness (QED) is 0.386. The zero-order valence-electron chi connectivity index (χ0n) is 5.79. The lowest BCUT2D eigenvalue weighted by atomic mass is 10.7. The van der Waals surface area contributed by atoms with E-state index in [0.717, 1.165) is 0 Å². The predicted molar refractivity (Wildman–Crippen MR) is 35.3 cm³/mol. The lowest BCUT2D eigenvalue weighted by Crippen LogP contribution is -2.05. The third kappa shape index (κ3) is 29.9. The molecule has 3 N–H and O–H groups in total. The van der Waals surface area contributed by atoms with Crippen LogP contribution in [0.4, 0.5) is 0 Å². The fourth-order valence-corrected chi connectivity index (χ4v) is 0.143. The first-order valence-electron chi connectivity index (χ1n) is 2.55. The largest absolute Gasteiger partial charge is 0.383 e. The smallest absolute Gasteiger partial charge is 0.190 e. The van der Waals surface area contributed by atoms with Crippen molar-refractivity contribution in [3.05, 3.63) is 0 Å². The standard InChI is InChI=1S/C3H9NO.C2HN3/c1-5-3-2-4;3-1-5-2-4/h2-4H2,1H3;5H. The minimum absolute atomic E-state index is 0.622. The average Bonchev–Trinajstić information content (AvgIpc) is 1.93. The second-order valence-corrected chi connectivity index (χ2v) is 1.13. The van der Waals surface area contributed by atoms with Gasteiger partial charge in [-0.05, 0) is 0 Å². The Bertz CT molecular complexity index is 109. The summed E-state index contributed by atoms with van der Waals surface area (Å²) in [5.41, 5.74) is 5.01. The van der Waals surface area contributed by atoms with Crippen LogP contribution in [0.3, 0.4) is 0 Å². The Labute approximate surface area is 60.0 Å². The minimum Gasteiger partial charge on any atom is -0.383 e. The molecule has 0 radical (unpaired) electrons. The second kappa shape index (κ2) is 15.6. The third-order valence-corrected chi connectivity index (χ3v) is 0.434. The molecule has 0 fully saturated rings. The second-order valence-electron chi connectivity index (χ2n) is 1.13. The van der Waals surface area contributed by atoms with Gasteiger partial charge in [-0.25, -0.2) is 5.32 Å². The number of rotatable bonds is 2. The van der Waals surface area contributed by atoms with Crippen molar-refractivity contribution < 1.29 is 4.74 Å². The van der Waals surface area contributed by atoms with Crippen LogP contribution >= 0.6 is 0 Å². The van der Waals surface area contributed by atoms with Crippen LogP contribution in [0.2, 0.25) is 0 Å². The molecule has 5 nitrogen and oxygen atoms in total. The molecular formula is C5H10N4O. The lowest BCUT2D eigenvalue weighted by molar-refractivity contribution is 0.207. The van der Waals surface area contributed by atoms with Crippen molar-refractivity contribution in [1.82, 2.24) is 5.32 Å². The van der Waals surface area contributed by atoms with E-state index in [1.807, 2.05) is 0 Å². The molecule has 0 aliphatic carbocycles. The molecule has 0 aliphatic rings. The van der Waals surface area contributed by atoms with Gasteiger partial charge in [-0.1, -0.05) is 0 Å². The van der Waals surface area contributed by atoms with Gasteiger partial charge in [-0.2, -0.15) is 10.5 Å². The normalized spacial score (nSPS) is 6.00. The number of ether oxygens (including phenoxy) is 1. The maximum absolute atomic E-state index is 7.48. The molecule has 10 heavy (non-hydrogen) atoms. The van der Waals surface area contributed by atoms with Crippen molar-refractivity contribution in [3.8, 4) is 12.4 Å². The molecule has 0 amide bonds.